The summed E-state index contributed by atoms with van der Waals surface area (Å²) in [5, 5.41) is 11.8. The Labute approximate surface area is 167 Å². The summed E-state index contributed by atoms with van der Waals surface area (Å²) in [5.41, 5.74) is 2.37. The normalized spacial score (nSPS) is 16.9. The summed E-state index contributed by atoms with van der Waals surface area (Å²) in [6.45, 7) is 8.24. The summed E-state index contributed by atoms with van der Waals surface area (Å²) in [5.74, 6) is -0.873. The van der Waals surface area contributed by atoms with Crippen molar-refractivity contribution < 1.29 is 19.4 Å². The molecule has 1 saturated heterocycles. The zero-order valence-electron chi connectivity index (χ0n) is 17.1. The first-order chi connectivity index (χ1) is 13.4. The summed E-state index contributed by atoms with van der Waals surface area (Å²) in [6.07, 6.45) is -0.178. The van der Waals surface area contributed by atoms with E-state index in [4.69, 9.17) is 9.84 Å². The van der Waals surface area contributed by atoms with Crippen LogP contribution in [0.2, 0.25) is 0 Å². The molecule has 0 spiro atoms. The second kappa shape index (κ2) is 10.9. The van der Waals surface area contributed by atoms with Crippen molar-refractivity contribution in [2.45, 2.75) is 20.0 Å². The number of carboxylic acids is 1. The second-order valence-electron chi connectivity index (χ2n) is 7.18. The lowest BCUT2D eigenvalue weighted by Crippen LogP contribution is -2.53. The average Bonchev–Trinajstić information content (AvgIpc) is 2.64. The molecule has 0 aliphatic carbocycles. The molecule has 28 heavy (non-hydrogen) atoms. The van der Waals surface area contributed by atoms with Gasteiger partial charge in [0.05, 0.1) is 19.3 Å². The van der Waals surface area contributed by atoms with Gasteiger partial charge in [-0.3, -0.25) is 9.69 Å². The number of morpholine rings is 1. The number of carbonyl (C=O) groups is 2. The molecule has 0 saturated carbocycles. The van der Waals surface area contributed by atoms with Crippen molar-refractivity contribution in [3.8, 4) is 0 Å². The van der Waals surface area contributed by atoms with E-state index in [1.807, 2.05) is 6.07 Å². The molecule has 2 amide bonds. The van der Waals surface area contributed by atoms with Crippen molar-refractivity contribution in [2.24, 2.45) is 0 Å². The molecular weight excluding hydrogens is 360 g/mol. The molecule has 0 aromatic heterocycles. The highest BCUT2D eigenvalue weighted by molar-refractivity contribution is 5.74. The van der Waals surface area contributed by atoms with Gasteiger partial charge < -0.3 is 25.0 Å². The van der Waals surface area contributed by atoms with Crippen LogP contribution in [-0.2, 0) is 9.53 Å². The lowest BCUT2D eigenvalue weighted by Gasteiger charge is -2.34. The fourth-order valence-corrected chi connectivity index (χ4v) is 3.36. The third kappa shape index (κ3) is 7.01. The van der Waals surface area contributed by atoms with Gasteiger partial charge in [0.2, 0.25) is 0 Å². The van der Waals surface area contributed by atoms with Gasteiger partial charge >= 0.3 is 12.0 Å². The van der Waals surface area contributed by atoms with Gasteiger partial charge in [0, 0.05) is 45.0 Å². The Hall–Kier alpha value is -2.32. The Kier molecular flexibility index (Phi) is 8.53. The highest BCUT2D eigenvalue weighted by Gasteiger charge is 2.25. The molecule has 8 heteroatoms. The fourth-order valence-electron chi connectivity index (χ4n) is 3.36. The molecule has 2 rings (SSSR count). The number of nitrogens with zero attached hydrogens (tertiary/aromatic N) is 3. The maximum Gasteiger partial charge on any atom is 0.317 e. The van der Waals surface area contributed by atoms with Gasteiger partial charge in [-0.05, 0) is 38.6 Å². The van der Waals surface area contributed by atoms with E-state index in [1.165, 1.54) is 5.56 Å². The number of anilines is 1. The molecule has 1 heterocycles. The lowest BCUT2D eigenvalue weighted by atomic mass is 10.2. The van der Waals surface area contributed by atoms with Crippen molar-refractivity contribution in [2.75, 3.05) is 64.4 Å². The van der Waals surface area contributed by atoms with Crippen molar-refractivity contribution >= 4 is 17.7 Å². The SMILES string of the molecule is CCN(CCNC(=O)N1CCOC(CN(C)CC(=O)O)C1)c1cccc(C)c1. The highest BCUT2D eigenvalue weighted by atomic mass is 16.5. The second-order valence-corrected chi connectivity index (χ2v) is 7.18. The predicted octanol–water partition coefficient (Wildman–Crippen LogP) is 1.25. The molecule has 1 aromatic rings. The molecule has 1 unspecified atom stereocenters. The molecule has 1 aromatic carbocycles. The smallest absolute Gasteiger partial charge is 0.317 e. The van der Waals surface area contributed by atoms with Gasteiger partial charge in [0.15, 0.2) is 0 Å². The first kappa shape index (κ1) is 22.0. The van der Waals surface area contributed by atoms with Gasteiger partial charge in [0.1, 0.15) is 0 Å². The Balaban J connectivity index is 1.78. The molecule has 1 fully saturated rings. The molecule has 0 radical (unpaired) electrons. The zero-order chi connectivity index (χ0) is 20.5. The van der Waals surface area contributed by atoms with E-state index in [1.54, 1.807) is 16.8 Å². The summed E-state index contributed by atoms with van der Waals surface area (Å²) < 4.78 is 5.68. The Morgan fingerprint density at radius 1 is 1.39 bits per heavy atom. The van der Waals surface area contributed by atoms with Gasteiger partial charge in [0.25, 0.3) is 0 Å². The Morgan fingerprint density at radius 2 is 2.18 bits per heavy atom. The first-order valence-electron chi connectivity index (χ1n) is 9.75. The number of carboxylic acid groups (broad SMARTS) is 1. The number of benzene rings is 1. The number of nitrogens with one attached hydrogen (secondary N) is 1. The summed E-state index contributed by atoms with van der Waals surface area (Å²) >= 11 is 0. The van der Waals surface area contributed by atoms with E-state index in [0.29, 0.717) is 32.8 Å². The number of carbonyl (C=O) groups excluding carboxylic acids is 1. The van der Waals surface area contributed by atoms with E-state index >= 15 is 0 Å². The van der Waals surface area contributed by atoms with Crippen LogP contribution in [0.1, 0.15) is 12.5 Å². The van der Waals surface area contributed by atoms with Crippen LogP contribution in [0.25, 0.3) is 0 Å². The highest BCUT2D eigenvalue weighted by Crippen LogP contribution is 2.15. The van der Waals surface area contributed by atoms with Crippen LogP contribution in [0.3, 0.4) is 0 Å². The van der Waals surface area contributed by atoms with E-state index in [2.05, 4.69) is 42.3 Å². The fraction of sp³-hybridized carbons (Fsp3) is 0.600. The largest absolute Gasteiger partial charge is 0.480 e. The average molecular weight is 393 g/mol. The van der Waals surface area contributed by atoms with Crippen molar-refractivity contribution in [3.63, 3.8) is 0 Å². The number of rotatable bonds is 9. The number of urea groups is 1. The van der Waals surface area contributed by atoms with Gasteiger partial charge in [-0.25, -0.2) is 4.79 Å². The van der Waals surface area contributed by atoms with Gasteiger partial charge in [-0.15, -0.1) is 0 Å². The molecule has 1 aliphatic heterocycles. The summed E-state index contributed by atoms with van der Waals surface area (Å²) in [6, 6.07) is 8.24. The predicted molar refractivity (Wildman–Crippen MR) is 109 cm³/mol. The van der Waals surface area contributed by atoms with Gasteiger partial charge in [-0.1, -0.05) is 12.1 Å². The van der Waals surface area contributed by atoms with Crippen LogP contribution in [0.4, 0.5) is 10.5 Å². The van der Waals surface area contributed by atoms with Crippen LogP contribution >= 0.6 is 0 Å². The van der Waals surface area contributed by atoms with Crippen LogP contribution in [0, 0.1) is 6.92 Å². The quantitative estimate of drug-likeness (QED) is 0.658. The first-order valence-corrected chi connectivity index (χ1v) is 9.75. The number of aryl methyl sites for hydroxylation is 1. The lowest BCUT2D eigenvalue weighted by molar-refractivity contribution is -0.138. The van der Waals surface area contributed by atoms with Crippen LogP contribution in [-0.4, -0.2) is 92.5 Å². The third-order valence-corrected chi connectivity index (χ3v) is 4.75. The standard InChI is InChI=1S/C20H32N4O4/c1-4-23(17-7-5-6-16(2)12-17)9-8-21-20(27)24-10-11-28-18(14-24)13-22(3)15-19(25)26/h5-7,12,18H,4,8-11,13-15H2,1-3H3,(H,21,27)(H,25,26). The minimum absolute atomic E-state index is 0.0438. The molecular formula is C20H32N4O4. The number of hydrogen-bond donors (Lipinski definition) is 2. The molecule has 2 N–H and O–H groups in total. The molecule has 1 atom stereocenters. The monoisotopic (exact) mass is 392 g/mol. The minimum atomic E-state index is -0.873. The van der Waals surface area contributed by atoms with Crippen LogP contribution in [0.15, 0.2) is 24.3 Å². The number of likely N-dealkylation sites (N-methyl/N-ethyl adjacent to an activating group) is 2. The van der Waals surface area contributed by atoms with Crippen molar-refractivity contribution in [3.05, 3.63) is 29.8 Å². The topological polar surface area (TPSA) is 85.4 Å². The number of ether oxygens (including phenoxy) is 1. The Morgan fingerprint density at radius 3 is 2.86 bits per heavy atom. The molecule has 1 aliphatic rings. The maximum atomic E-state index is 12.5. The van der Waals surface area contributed by atoms with Crippen molar-refractivity contribution in [1.29, 1.82) is 0 Å². The zero-order valence-corrected chi connectivity index (χ0v) is 17.1. The van der Waals surface area contributed by atoms with E-state index in [-0.39, 0.29) is 18.7 Å². The van der Waals surface area contributed by atoms with Crippen LogP contribution < -0.4 is 10.2 Å². The molecule has 8 nitrogen and oxygen atoms in total. The molecule has 0 bridgehead atoms. The van der Waals surface area contributed by atoms with E-state index in [0.717, 1.165) is 18.8 Å². The van der Waals surface area contributed by atoms with E-state index < -0.39 is 5.97 Å². The molecule has 156 valence electrons. The van der Waals surface area contributed by atoms with E-state index in [9.17, 15) is 9.59 Å². The maximum absolute atomic E-state index is 12.5. The summed E-state index contributed by atoms with van der Waals surface area (Å²) in [7, 11) is 1.74. The number of hydrogen-bond acceptors (Lipinski definition) is 5. The minimum Gasteiger partial charge on any atom is -0.480 e. The van der Waals surface area contributed by atoms with Crippen molar-refractivity contribution in [1.82, 2.24) is 15.1 Å². The van der Waals surface area contributed by atoms with Gasteiger partial charge in [-0.2, -0.15) is 0 Å². The number of aliphatic carboxylic acids is 1. The summed E-state index contributed by atoms with van der Waals surface area (Å²) in [4.78, 5) is 28.9. The van der Waals surface area contributed by atoms with Crippen LogP contribution in [0.5, 0.6) is 0 Å². The number of amides is 2. The Bertz CT molecular complexity index is 655. The third-order valence-electron chi connectivity index (χ3n) is 4.75.